The number of methoxy groups -OCH3 is 1. The largest absolute Gasteiger partial charge is 0.469 e. The number of ether oxygens (including phenoxy) is 1. The van der Waals surface area contributed by atoms with Crippen LogP contribution in [0.15, 0.2) is 0 Å². The number of hydrogen-bond donors (Lipinski definition) is 1. The van der Waals surface area contributed by atoms with Gasteiger partial charge in [0.1, 0.15) is 6.04 Å². The fraction of sp³-hybridized carbons (Fsp3) is 0.833. The lowest BCUT2D eigenvalue weighted by atomic mass is 10.0. The second kappa shape index (κ2) is 7.71. The average Bonchev–Trinajstić information content (AvgIpc) is 2.51. The molecule has 8 nitrogen and oxygen atoms in total. The summed E-state index contributed by atoms with van der Waals surface area (Å²) < 4.78 is 31.9. The van der Waals surface area contributed by atoms with Crippen LogP contribution >= 0.6 is 0 Å². The normalized spacial score (nSPS) is 20.3. The zero-order chi connectivity index (χ0) is 16.0. The topological polar surface area (TPSA) is 96.0 Å². The Morgan fingerprint density at radius 3 is 2.62 bits per heavy atom. The van der Waals surface area contributed by atoms with E-state index in [0.717, 1.165) is 17.1 Å². The minimum atomic E-state index is -3.77. The van der Waals surface area contributed by atoms with Gasteiger partial charge in [-0.05, 0) is 12.8 Å². The van der Waals surface area contributed by atoms with Gasteiger partial charge in [0.15, 0.2) is 0 Å². The van der Waals surface area contributed by atoms with E-state index in [2.05, 4.69) is 10.1 Å². The lowest BCUT2D eigenvalue weighted by Gasteiger charge is -2.35. The second-order valence-corrected chi connectivity index (χ2v) is 6.88. The fourth-order valence-corrected chi connectivity index (χ4v) is 3.82. The van der Waals surface area contributed by atoms with Crippen LogP contribution < -0.4 is 5.32 Å². The molecule has 0 aromatic heterocycles. The van der Waals surface area contributed by atoms with Crippen LogP contribution in [0.4, 0.5) is 0 Å². The van der Waals surface area contributed by atoms with Gasteiger partial charge in [0, 0.05) is 27.2 Å². The molecule has 9 heteroatoms. The molecule has 1 aliphatic heterocycles. The van der Waals surface area contributed by atoms with Gasteiger partial charge in [-0.3, -0.25) is 9.59 Å². The van der Waals surface area contributed by atoms with Crippen LogP contribution in [0.5, 0.6) is 0 Å². The molecule has 1 amide bonds. The fourth-order valence-electron chi connectivity index (χ4n) is 2.25. The Morgan fingerprint density at radius 1 is 1.38 bits per heavy atom. The number of likely N-dealkylation sites (N-methyl/N-ethyl adjacent to an activating group) is 1. The second-order valence-electron chi connectivity index (χ2n) is 4.89. The smallest absolute Gasteiger partial charge is 0.306 e. The third kappa shape index (κ3) is 4.39. The number of amides is 1. The first-order valence-corrected chi connectivity index (χ1v) is 8.25. The molecule has 1 atom stereocenters. The summed E-state index contributed by atoms with van der Waals surface area (Å²) in [5.74, 6) is -0.779. The molecule has 1 unspecified atom stereocenters. The summed E-state index contributed by atoms with van der Waals surface area (Å²) in [6.07, 6.45) is 2.02. The van der Waals surface area contributed by atoms with Crippen molar-refractivity contribution in [1.82, 2.24) is 13.9 Å². The van der Waals surface area contributed by atoms with Gasteiger partial charge in [0.05, 0.1) is 13.5 Å². The lowest BCUT2D eigenvalue weighted by molar-refractivity contribution is -0.140. The molecule has 0 radical (unpaired) electrons. The standard InChI is InChI=1S/C12H23N3O5S/c1-13-12(17)10-6-4-5-8-15(10)21(18,19)14(2)9-7-11(16)20-3/h10H,4-9H2,1-3H3,(H,13,17). The minimum Gasteiger partial charge on any atom is -0.469 e. The van der Waals surface area contributed by atoms with Crippen molar-refractivity contribution in [3.63, 3.8) is 0 Å². The Labute approximate surface area is 125 Å². The first-order chi connectivity index (χ1) is 9.84. The summed E-state index contributed by atoms with van der Waals surface area (Å²) in [7, 11) is 0.366. The van der Waals surface area contributed by atoms with Crippen LogP contribution in [0.2, 0.25) is 0 Å². The number of nitrogens with zero attached hydrogens (tertiary/aromatic N) is 2. The Hall–Kier alpha value is -1.19. The summed E-state index contributed by atoms with van der Waals surface area (Å²) in [5.41, 5.74) is 0. The highest BCUT2D eigenvalue weighted by molar-refractivity contribution is 7.86. The van der Waals surface area contributed by atoms with E-state index in [-0.39, 0.29) is 18.9 Å². The van der Waals surface area contributed by atoms with Crippen LogP contribution in [-0.2, 0) is 24.5 Å². The third-order valence-electron chi connectivity index (χ3n) is 3.55. The maximum Gasteiger partial charge on any atom is 0.306 e. The van der Waals surface area contributed by atoms with Crippen molar-refractivity contribution in [2.75, 3.05) is 34.3 Å². The molecular formula is C12H23N3O5S. The summed E-state index contributed by atoms with van der Waals surface area (Å²) in [6.45, 7) is 0.328. The SMILES string of the molecule is CNC(=O)C1CCCCN1S(=O)(=O)N(C)CCC(=O)OC. The van der Waals surface area contributed by atoms with Gasteiger partial charge in [-0.1, -0.05) is 6.42 Å². The predicted octanol–water partition coefficient (Wildman–Crippen LogP) is -0.673. The molecule has 0 bridgehead atoms. The Balaban J connectivity index is 2.82. The molecule has 1 aliphatic rings. The van der Waals surface area contributed by atoms with Gasteiger partial charge in [-0.25, -0.2) is 0 Å². The van der Waals surface area contributed by atoms with Gasteiger partial charge in [0.2, 0.25) is 5.91 Å². The van der Waals surface area contributed by atoms with E-state index >= 15 is 0 Å². The molecule has 0 aromatic carbocycles. The number of esters is 1. The molecule has 0 spiro atoms. The van der Waals surface area contributed by atoms with Gasteiger partial charge in [-0.2, -0.15) is 17.0 Å². The summed E-state index contributed by atoms with van der Waals surface area (Å²) in [6, 6.07) is -0.686. The quantitative estimate of drug-likeness (QED) is 0.654. The molecule has 1 heterocycles. The van der Waals surface area contributed by atoms with E-state index in [4.69, 9.17) is 0 Å². The highest BCUT2D eigenvalue weighted by atomic mass is 32.2. The Morgan fingerprint density at radius 2 is 2.05 bits per heavy atom. The van der Waals surface area contributed by atoms with Gasteiger partial charge >= 0.3 is 5.97 Å². The molecule has 1 N–H and O–H groups in total. The van der Waals surface area contributed by atoms with Crippen LogP contribution in [0, 0.1) is 0 Å². The average molecular weight is 321 g/mol. The van der Waals surface area contributed by atoms with Crippen molar-refractivity contribution in [2.45, 2.75) is 31.7 Å². The maximum atomic E-state index is 12.5. The predicted molar refractivity (Wildman–Crippen MR) is 76.6 cm³/mol. The van der Waals surface area contributed by atoms with Crippen LogP contribution in [0.1, 0.15) is 25.7 Å². The van der Waals surface area contributed by atoms with Crippen LogP contribution in [-0.4, -0.2) is 69.2 Å². The van der Waals surface area contributed by atoms with Crippen LogP contribution in [0.3, 0.4) is 0 Å². The third-order valence-corrected chi connectivity index (χ3v) is 5.55. The van der Waals surface area contributed by atoms with Crippen molar-refractivity contribution in [3.05, 3.63) is 0 Å². The maximum absolute atomic E-state index is 12.5. The van der Waals surface area contributed by atoms with Crippen molar-refractivity contribution in [1.29, 1.82) is 0 Å². The molecule has 1 fully saturated rings. The number of rotatable bonds is 6. The zero-order valence-electron chi connectivity index (χ0n) is 12.7. The monoisotopic (exact) mass is 321 g/mol. The van der Waals surface area contributed by atoms with E-state index in [9.17, 15) is 18.0 Å². The number of carbonyl (C=O) groups is 2. The lowest BCUT2D eigenvalue weighted by Crippen LogP contribution is -2.54. The zero-order valence-corrected chi connectivity index (χ0v) is 13.5. The molecule has 21 heavy (non-hydrogen) atoms. The summed E-state index contributed by atoms with van der Waals surface area (Å²) >= 11 is 0. The van der Waals surface area contributed by atoms with Gasteiger partial charge in [0.25, 0.3) is 10.2 Å². The van der Waals surface area contributed by atoms with E-state index in [1.54, 1.807) is 0 Å². The summed E-state index contributed by atoms with van der Waals surface area (Å²) in [4.78, 5) is 23.0. The molecule has 0 aliphatic carbocycles. The number of nitrogens with one attached hydrogen (secondary N) is 1. The molecule has 0 aromatic rings. The van der Waals surface area contributed by atoms with E-state index in [1.165, 1.54) is 25.5 Å². The Bertz CT molecular complexity index is 479. The minimum absolute atomic E-state index is 0.0198. The first kappa shape index (κ1) is 17.9. The first-order valence-electron chi connectivity index (χ1n) is 6.86. The van der Waals surface area contributed by atoms with Gasteiger partial charge in [-0.15, -0.1) is 0 Å². The number of hydrogen-bond acceptors (Lipinski definition) is 5. The van der Waals surface area contributed by atoms with Gasteiger partial charge < -0.3 is 10.1 Å². The Kier molecular flexibility index (Phi) is 6.56. The van der Waals surface area contributed by atoms with E-state index in [1.807, 2.05) is 0 Å². The molecule has 1 rings (SSSR count). The highest BCUT2D eigenvalue weighted by Crippen LogP contribution is 2.22. The van der Waals surface area contributed by atoms with E-state index < -0.39 is 22.2 Å². The van der Waals surface area contributed by atoms with E-state index in [0.29, 0.717) is 13.0 Å². The number of carbonyl (C=O) groups excluding carboxylic acids is 2. The van der Waals surface area contributed by atoms with Crippen LogP contribution in [0.25, 0.3) is 0 Å². The summed E-state index contributed by atoms with van der Waals surface area (Å²) in [5, 5.41) is 2.50. The van der Waals surface area contributed by atoms with Crippen molar-refractivity contribution >= 4 is 22.1 Å². The van der Waals surface area contributed by atoms with Crippen molar-refractivity contribution < 1.29 is 22.7 Å². The molecule has 0 saturated carbocycles. The number of piperidine rings is 1. The molecular weight excluding hydrogens is 298 g/mol. The van der Waals surface area contributed by atoms with Crippen molar-refractivity contribution in [3.8, 4) is 0 Å². The van der Waals surface area contributed by atoms with Crippen molar-refractivity contribution in [2.24, 2.45) is 0 Å². The highest BCUT2D eigenvalue weighted by Gasteiger charge is 2.38. The molecule has 122 valence electrons. The molecule has 1 saturated heterocycles.